The molecule has 0 aliphatic rings. The van der Waals surface area contributed by atoms with Gasteiger partial charge in [0.25, 0.3) is 0 Å². The van der Waals surface area contributed by atoms with Crippen molar-refractivity contribution in [2.45, 2.75) is 50.3 Å². The van der Waals surface area contributed by atoms with E-state index in [9.17, 15) is 0 Å². The van der Waals surface area contributed by atoms with E-state index in [-0.39, 0.29) is 0 Å². The molecule has 0 rings (SSSR count). The standard InChI is InChI=1S/C10H17Br/c1-3-5-6-7-9-10(11)8-4-2/h1,10H,4-9H2,2H3. The minimum absolute atomic E-state index is 0.713. The highest BCUT2D eigenvalue weighted by molar-refractivity contribution is 9.09. The van der Waals surface area contributed by atoms with Crippen molar-refractivity contribution >= 4 is 15.9 Å². The van der Waals surface area contributed by atoms with Gasteiger partial charge in [-0.15, -0.1) is 12.3 Å². The lowest BCUT2D eigenvalue weighted by molar-refractivity contribution is 0.634. The number of terminal acetylenes is 1. The van der Waals surface area contributed by atoms with Crippen LogP contribution in [0.4, 0.5) is 0 Å². The second kappa shape index (κ2) is 8.14. The van der Waals surface area contributed by atoms with Crippen molar-refractivity contribution in [3.63, 3.8) is 0 Å². The second-order valence-corrected chi connectivity index (χ2v) is 4.13. The van der Waals surface area contributed by atoms with Crippen LogP contribution >= 0.6 is 15.9 Å². The normalized spacial score (nSPS) is 12.5. The van der Waals surface area contributed by atoms with Crippen LogP contribution in [0.5, 0.6) is 0 Å². The first-order valence-electron chi connectivity index (χ1n) is 4.38. The lowest BCUT2D eigenvalue weighted by Crippen LogP contribution is -1.95. The molecule has 0 bridgehead atoms. The highest BCUT2D eigenvalue weighted by atomic mass is 79.9. The van der Waals surface area contributed by atoms with Gasteiger partial charge < -0.3 is 0 Å². The molecule has 0 aromatic carbocycles. The van der Waals surface area contributed by atoms with Gasteiger partial charge in [0.2, 0.25) is 0 Å². The van der Waals surface area contributed by atoms with Gasteiger partial charge in [0.15, 0.2) is 0 Å². The Bertz CT molecular complexity index is 113. The van der Waals surface area contributed by atoms with Gasteiger partial charge in [-0.3, -0.25) is 0 Å². The molecule has 0 radical (unpaired) electrons. The maximum Gasteiger partial charge on any atom is 0.0145 e. The van der Waals surface area contributed by atoms with Crippen molar-refractivity contribution in [1.29, 1.82) is 0 Å². The molecule has 0 saturated carbocycles. The molecule has 0 amide bonds. The Hall–Kier alpha value is 0.0400. The van der Waals surface area contributed by atoms with Gasteiger partial charge in [-0.2, -0.15) is 0 Å². The predicted molar refractivity (Wildman–Crippen MR) is 54.9 cm³/mol. The Morgan fingerprint density at radius 1 is 1.36 bits per heavy atom. The molecule has 1 heteroatoms. The third kappa shape index (κ3) is 7.94. The van der Waals surface area contributed by atoms with Gasteiger partial charge in [-0.25, -0.2) is 0 Å². The first-order chi connectivity index (χ1) is 5.31. The molecule has 0 spiro atoms. The zero-order valence-corrected chi connectivity index (χ0v) is 8.86. The molecule has 64 valence electrons. The predicted octanol–water partition coefficient (Wildman–Crippen LogP) is 3.74. The lowest BCUT2D eigenvalue weighted by Gasteiger charge is -2.05. The van der Waals surface area contributed by atoms with Crippen molar-refractivity contribution in [1.82, 2.24) is 0 Å². The van der Waals surface area contributed by atoms with E-state index in [2.05, 4.69) is 28.8 Å². The average molecular weight is 217 g/mol. The fourth-order valence-electron chi connectivity index (χ4n) is 1.05. The number of halogens is 1. The maximum absolute atomic E-state index is 5.14. The zero-order valence-electron chi connectivity index (χ0n) is 7.28. The van der Waals surface area contributed by atoms with Crippen LogP contribution < -0.4 is 0 Å². The van der Waals surface area contributed by atoms with Crippen LogP contribution in [-0.2, 0) is 0 Å². The van der Waals surface area contributed by atoms with Crippen LogP contribution in [-0.4, -0.2) is 4.83 Å². The van der Waals surface area contributed by atoms with Gasteiger partial charge in [-0.1, -0.05) is 35.7 Å². The molecular formula is C10H17Br. The van der Waals surface area contributed by atoms with E-state index in [1.165, 1.54) is 32.1 Å². The number of alkyl halides is 1. The Morgan fingerprint density at radius 3 is 2.64 bits per heavy atom. The number of hydrogen-bond donors (Lipinski definition) is 0. The van der Waals surface area contributed by atoms with Crippen molar-refractivity contribution < 1.29 is 0 Å². The summed E-state index contributed by atoms with van der Waals surface area (Å²) in [5, 5.41) is 0. The molecule has 0 heterocycles. The average Bonchev–Trinajstić information content (AvgIpc) is 1.99. The molecule has 0 aromatic rings. The molecule has 0 N–H and O–H groups in total. The summed E-state index contributed by atoms with van der Waals surface area (Å²) in [6.07, 6.45) is 12.4. The van der Waals surface area contributed by atoms with E-state index in [1.807, 2.05) is 0 Å². The molecule has 0 aromatic heterocycles. The number of rotatable bonds is 6. The number of hydrogen-bond acceptors (Lipinski definition) is 0. The van der Waals surface area contributed by atoms with Crippen LogP contribution in [0.25, 0.3) is 0 Å². The highest BCUT2D eigenvalue weighted by Gasteiger charge is 2.00. The Labute approximate surface area is 78.9 Å². The molecule has 0 aliphatic carbocycles. The van der Waals surface area contributed by atoms with Crippen LogP contribution in [0.2, 0.25) is 0 Å². The third-order valence-corrected chi connectivity index (χ3v) is 2.61. The Kier molecular flexibility index (Phi) is 8.17. The summed E-state index contributed by atoms with van der Waals surface area (Å²) in [6, 6.07) is 0. The smallest absolute Gasteiger partial charge is 0.0145 e. The molecule has 0 saturated heterocycles. The van der Waals surface area contributed by atoms with Crippen LogP contribution in [0.15, 0.2) is 0 Å². The monoisotopic (exact) mass is 216 g/mol. The van der Waals surface area contributed by atoms with E-state index < -0.39 is 0 Å². The SMILES string of the molecule is C#CCCCCC(Br)CCC. The summed E-state index contributed by atoms with van der Waals surface area (Å²) in [5.41, 5.74) is 0. The third-order valence-electron chi connectivity index (χ3n) is 1.69. The Morgan fingerprint density at radius 2 is 2.09 bits per heavy atom. The van der Waals surface area contributed by atoms with Crippen molar-refractivity contribution in [3.05, 3.63) is 0 Å². The summed E-state index contributed by atoms with van der Waals surface area (Å²) < 4.78 is 0. The first kappa shape index (κ1) is 11.0. The fourth-order valence-corrected chi connectivity index (χ4v) is 1.83. The van der Waals surface area contributed by atoms with Gasteiger partial charge in [0.05, 0.1) is 0 Å². The largest absolute Gasteiger partial charge is 0.120 e. The number of unbranched alkanes of at least 4 members (excludes halogenated alkanes) is 2. The summed E-state index contributed by atoms with van der Waals surface area (Å²) in [6.45, 7) is 2.22. The van der Waals surface area contributed by atoms with Gasteiger partial charge in [0, 0.05) is 11.2 Å². The van der Waals surface area contributed by atoms with Crippen LogP contribution in [0, 0.1) is 12.3 Å². The van der Waals surface area contributed by atoms with Gasteiger partial charge >= 0.3 is 0 Å². The zero-order chi connectivity index (χ0) is 8.53. The summed E-state index contributed by atoms with van der Waals surface area (Å²) in [7, 11) is 0. The lowest BCUT2D eigenvalue weighted by atomic mass is 10.1. The van der Waals surface area contributed by atoms with Crippen molar-refractivity contribution in [2.75, 3.05) is 0 Å². The Balaban J connectivity index is 3.05. The fraction of sp³-hybridized carbons (Fsp3) is 0.800. The molecule has 0 nitrogen and oxygen atoms in total. The van der Waals surface area contributed by atoms with Gasteiger partial charge in [-0.05, 0) is 19.3 Å². The van der Waals surface area contributed by atoms with E-state index in [4.69, 9.17) is 6.42 Å². The quantitative estimate of drug-likeness (QED) is 0.361. The van der Waals surface area contributed by atoms with Crippen molar-refractivity contribution in [3.8, 4) is 12.3 Å². The van der Waals surface area contributed by atoms with Gasteiger partial charge in [0.1, 0.15) is 0 Å². The minimum Gasteiger partial charge on any atom is -0.120 e. The van der Waals surface area contributed by atoms with E-state index in [1.54, 1.807) is 0 Å². The molecule has 1 unspecified atom stereocenters. The minimum atomic E-state index is 0.713. The van der Waals surface area contributed by atoms with Crippen LogP contribution in [0.3, 0.4) is 0 Å². The summed E-state index contributed by atoms with van der Waals surface area (Å²) >= 11 is 3.64. The second-order valence-electron chi connectivity index (χ2n) is 2.84. The molecule has 11 heavy (non-hydrogen) atoms. The molecule has 0 fully saturated rings. The topological polar surface area (TPSA) is 0 Å². The van der Waals surface area contributed by atoms with E-state index in [0.717, 1.165) is 6.42 Å². The van der Waals surface area contributed by atoms with E-state index in [0.29, 0.717) is 4.83 Å². The molecule has 1 atom stereocenters. The maximum atomic E-state index is 5.14. The summed E-state index contributed by atoms with van der Waals surface area (Å²) in [5.74, 6) is 2.66. The van der Waals surface area contributed by atoms with Crippen molar-refractivity contribution in [2.24, 2.45) is 0 Å². The molecular weight excluding hydrogens is 200 g/mol. The summed E-state index contributed by atoms with van der Waals surface area (Å²) in [4.78, 5) is 0.713. The highest BCUT2D eigenvalue weighted by Crippen LogP contribution is 2.15. The first-order valence-corrected chi connectivity index (χ1v) is 5.30. The molecule has 0 aliphatic heterocycles. The van der Waals surface area contributed by atoms with E-state index >= 15 is 0 Å². The van der Waals surface area contributed by atoms with Crippen LogP contribution in [0.1, 0.15) is 45.4 Å².